The molecular formula is C25H20O3. The van der Waals surface area contributed by atoms with Gasteiger partial charge >= 0.3 is 0 Å². The molecule has 138 valence electrons. The van der Waals surface area contributed by atoms with Gasteiger partial charge in [-0.3, -0.25) is 0 Å². The molecule has 0 radical (unpaired) electrons. The summed E-state index contributed by atoms with van der Waals surface area (Å²) < 4.78 is 16.5. The topological polar surface area (TPSA) is 27.7 Å². The van der Waals surface area contributed by atoms with Crippen molar-refractivity contribution in [1.29, 1.82) is 0 Å². The van der Waals surface area contributed by atoms with Crippen LogP contribution in [0.4, 0.5) is 0 Å². The summed E-state index contributed by atoms with van der Waals surface area (Å²) in [5, 5.41) is 9.47. The summed E-state index contributed by atoms with van der Waals surface area (Å²) >= 11 is 0. The highest BCUT2D eigenvalue weighted by Gasteiger charge is 2.12. The molecule has 28 heavy (non-hydrogen) atoms. The third kappa shape index (κ3) is 2.36. The fraction of sp³-hybridized carbons (Fsp3) is 0.120. The van der Waals surface area contributed by atoms with Crippen molar-refractivity contribution >= 4 is 43.1 Å². The van der Waals surface area contributed by atoms with E-state index in [1.807, 2.05) is 12.1 Å². The molecule has 5 aromatic carbocycles. The highest BCUT2D eigenvalue weighted by Crippen LogP contribution is 2.40. The predicted molar refractivity (Wildman–Crippen MR) is 116 cm³/mol. The minimum Gasteiger partial charge on any atom is -0.497 e. The van der Waals surface area contributed by atoms with E-state index in [0.717, 1.165) is 28.0 Å². The Kier molecular flexibility index (Phi) is 3.76. The van der Waals surface area contributed by atoms with E-state index in [-0.39, 0.29) is 0 Å². The first-order chi connectivity index (χ1) is 13.7. The van der Waals surface area contributed by atoms with Crippen molar-refractivity contribution in [2.24, 2.45) is 0 Å². The van der Waals surface area contributed by atoms with Crippen LogP contribution in [0.25, 0.3) is 43.1 Å². The second-order valence-corrected chi connectivity index (χ2v) is 6.91. The molecule has 0 atom stereocenters. The van der Waals surface area contributed by atoms with Gasteiger partial charge in [0.15, 0.2) is 11.5 Å². The molecule has 0 heterocycles. The number of hydrogen-bond donors (Lipinski definition) is 0. The summed E-state index contributed by atoms with van der Waals surface area (Å²) in [6, 6.07) is 23.4. The molecule has 0 N–H and O–H groups in total. The summed E-state index contributed by atoms with van der Waals surface area (Å²) in [5.41, 5.74) is 0. The molecule has 0 aliphatic heterocycles. The Morgan fingerprint density at radius 3 is 1.82 bits per heavy atom. The van der Waals surface area contributed by atoms with Crippen molar-refractivity contribution < 1.29 is 14.2 Å². The van der Waals surface area contributed by atoms with Crippen LogP contribution in [-0.4, -0.2) is 21.3 Å². The van der Waals surface area contributed by atoms with Gasteiger partial charge in [-0.05, 0) is 80.2 Å². The highest BCUT2D eigenvalue weighted by atomic mass is 16.5. The molecule has 0 unspecified atom stereocenters. The van der Waals surface area contributed by atoms with Gasteiger partial charge in [-0.1, -0.05) is 24.3 Å². The zero-order valence-corrected chi connectivity index (χ0v) is 16.1. The molecule has 0 aromatic heterocycles. The Morgan fingerprint density at radius 2 is 1.11 bits per heavy atom. The predicted octanol–water partition coefficient (Wildman–Crippen LogP) is 6.33. The van der Waals surface area contributed by atoms with Crippen molar-refractivity contribution in [3.8, 4) is 17.2 Å². The van der Waals surface area contributed by atoms with Gasteiger partial charge in [0.05, 0.1) is 21.3 Å². The Labute approximate surface area is 163 Å². The van der Waals surface area contributed by atoms with Crippen LogP contribution >= 0.6 is 0 Å². The van der Waals surface area contributed by atoms with Crippen LogP contribution in [0.2, 0.25) is 0 Å². The van der Waals surface area contributed by atoms with E-state index in [2.05, 4.69) is 54.6 Å². The first kappa shape index (κ1) is 16.7. The third-order valence-electron chi connectivity index (χ3n) is 5.52. The van der Waals surface area contributed by atoms with E-state index in [4.69, 9.17) is 14.2 Å². The van der Waals surface area contributed by atoms with E-state index < -0.39 is 0 Å². The third-order valence-corrected chi connectivity index (χ3v) is 5.52. The summed E-state index contributed by atoms with van der Waals surface area (Å²) in [4.78, 5) is 0. The van der Waals surface area contributed by atoms with E-state index >= 15 is 0 Å². The summed E-state index contributed by atoms with van der Waals surface area (Å²) in [6.07, 6.45) is 0. The molecule has 0 aliphatic rings. The average molecular weight is 368 g/mol. The maximum atomic E-state index is 5.64. The minimum absolute atomic E-state index is 0.743. The van der Waals surface area contributed by atoms with Gasteiger partial charge in [-0.2, -0.15) is 0 Å². The fourth-order valence-corrected chi connectivity index (χ4v) is 4.13. The number of ether oxygens (including phenoxy) is 3. The smallest absolute Gasteiger partial charge is 0.168 e. The van der Waals surface area contributed by atoms with Gasteiger partial charge in [0, 0.05) is 5.39 Å². The Morgan fingerprint density at radius 1 is 0.464 bits per heavy atom. The number of methoxy groups -OCH3 is 3. The van der Waals surface area contributed by atoms with Crippen LogP contribution in [-0.2, 0) is 0 Å². The summed E-state index contributed by atoms with van der Waals surface area (Å²) in [5.74, 6) is 2.38. The summed E-state index contributed by atoms with van der Waals surface area (Å²) in [7, 11) is 5.05. The normalized spacial score (nSPS) is 11.4. The Balaban J connectivity index is 1.90. The van der Waals surface area contributed by atoms with Crippen LogP contribution in [0, 0.1) is 0 Å². The molecule has 0 saturated heterocycles. The van der Waals surface area contributed by atoms with Crippen LogP contribution in [0.1, 0.15) is 0 Å². The molecule has 0 fully saturated rings. The fourth-order valence-electron chi connectivity index (χ4n) is 4.13. The Bertz CT molecular complexity index is 1370. The average Bonchev–Trinajstić information content (AvgIpc) is 2.76. The Hall–Kier alpha value is -3.46. The van der Waals surface area contributed by atoms with Gasteiger partial charge in [0.1, 0.15) is 5.75 Å². The monoisotopic (exact) mass is 368 g/mol. The number of fused-ring (bicyclic) bond motifs is 6. The van der Waals surface area contributed by atoms with Crippen LogP contribution in [0.5, 0.6) is 17.2 Å². The van der Waals surface area contributed by atoms with E-state index in [0.29, 0.717) is 0 Å². The zero-order chi connectivity index (χ0) is 19.3. The molecule has 0 aliphatic carbocycles. The molecule has 0 amide bonds. The van der Waals surface area contributed by atoms with Gasteiger partial charge in [0.25, 0.3) is 0 Å². The molecule has 0 spiro atoms. The van der Waals surface area contributed by atoms with E-state index in [1.54, 1.807) is 21.3 Å². The first-order valence-corrected chi connectivity index (χ1v) is 9.21. The van der Waals surface area contributed by atoms with Gasteiger partial charge in [0.2, 0.25) is 0 Å². The van der Waals surface area contributed by atoms with Crippen LogP contribution in [0.15, 0.2) is 66.7 Å². The molecule has 5 aromatic rings. The largest absolute Gasteiger partial charge is 0.497 e. The van der Waals surface area contributed by atoms with Crippen LogP contribution < -0.4 is 14.2 Å². The molecular weight excluding hydrogens is 348 g/mol. The molecule has 5 rings (SSSR count). The number of rotatable bonds is 3. The van der Waals surface area contributed by atoms with Gasteiger partial charge < -0.3 is 14.2 Å². The second-order valence-electron chi connectivity index (χ2n) is 6.91. The van der Waals surface area contributed by atoms with Crippen molar-refractivity contribution in [3.63, 3.8) is 0 Å². The molecule has 3 nitrogen and oxygen atoms in total. The standard InChI is InChI=1S/C25H20O3/c1-26-18-7-9-19-17(13-18)5-4-15-12-16-6-8-21-20(23(16)14-22(15)19)10-11-24(27-2)25(21)28-3/h4-14H,1-3H3. The number of hydrogen-bond acceptors (Lipinski definition) is 3. The second kappa shape index (κ2) is 6.31. The minimum atomic E-state index is 0.743. The van der Waals surface area contributed by atoms with E-state index in [9.17, 15) is 0 Å². The first-order valence-electron chi connectivity index (χ1n) is 9.21. The van der Waals surface area contributed by atoms with Gasteiger partial charge in [-0.15, -0.1) is 0 Å². The molecule has 3 heteroatoms. The lowest BCUT2D eigenvalue weighted by atomic mass is 9.95. The van der Waals surface area contributed by atoms with Crippen molar-refractivity contribution in [3.05, 3.63) is 66.7 Å². The van der Waals surface area contributed by atoms with Crippen molar-refractivity contribution in [1.82, 2.24) is 0 Å². The van der Waals surface area contributed by atoms with Crippen molar-refractivity contribution in [2.75, 3.05) is 21.3 Å². The zero-order valence-electron chi connectivity index (χ0n) is 16.1. The van der Waals surface area contributed by atoms with E-state index in [1.165, 1.54) is 32.3 Å². The molecule has 0 bridgehead atoms. The van der Waals surface area contributed by atoms with Crippen LogP contribution in [0.3, 0.4) is 0 Å². The SMILES string of the molecule is COc1ccc2c(ccc3cc4ccc5c(OC)c(OC)ccc5c4cc32)c1. The lowest BCUT2D eigenvalue weighted by Gasteiger charge is -2.13. The summed E-state index contributed by atoms with van der Waals surface area (Å²) in [6.45, 7) is 0. The lowest BCUT2D eigenvalue weighted by molar-refractivity contribution is 0.358. The van der Waals surface area contributed by atoms with Gasteiger partial charge in [-0.25, -0.2) is 0 Å². The highest BCUT2D eigenvalue weighted by molar-refractivity contribution is 6.18. The van der Waals surface area contributed by atoms with Crippen molar-refractivity contribution in [2.45, 2.75) is 0 Å². The lowest BCUT2D eigenvalue weighted by Crippen LogP contribution is -1.92. The maximum absolute atomic E-state index is 5.64. The molecule has 0 saturated carbocycles. The number of benzene rings is 5. The quantitative estimate of drug-likeness (QED) is 0.275. The maximum Gasteiger partial charge on any atom is 0.168 e.